The lowest BCUT2D eigenvalue weighted by atomic mass is 9.93. The van der Waals surface area contributed by atoms with Crippen molar-refractivity contribution in [2.75, 3.05) is 20.3 Å². The van der Waals surface area contributed by atoms with Gasteiger partial charge in [-0.3, -0.25) is 4.79 Å². The molecule has 0 saturated carbocycles. The van der Waals surface area contributed by atoms with E-state index in [2.05, 4.69) is 4.74 Å². The second-order valence-electron chi connectivity index (χ2n) is 3.39. The van der Waals surface area contributed by atoms with E-state index in [1.165, 1.54) is 7.11 Å². The molecule has 0 aromatic rings. The monoisotopic (exact) mass is 208 g/mol. The average molecular weight is 208 g/mol. The van der Waals surface area contributed by atoms with Crippen molar-refractivity contribution in [2.45, 2.75) is 25.2 Å². The fraction of sp³-hybridized carbons (Fsp3) is 0.889. The summed E-state index contributed by atoms with van der Waals surface area (Å²) in [6, 6.07) is 0. The van der Waals surface area contributed by atoms with Crippen LogP contribution in [-0.4, -0.2) is 32.2 Å². The van der Waals surface area contributed by atoms with Gasteiger partial charge in [-0.05, 0) is 6.42 Å². The van der Waals surface area contributed by atoms with E-state index >= 15 is 0 Å². The van der Waals surface area contributed by atoms with Crippen LogP contribution in [0.4, 0.5) is 8.78 Å². The van der Waals surface area contributed by atoms with Crippen molar-refractivity contribution in [3.05, 3.63) is 0 Å². The predicted molar refractivity (Wildman–Crippen MR) is 45.1 cm³/mol. The SMILES string of the molecule is COC(=O)CC1CCOCCC1(F)F. The fourth-order valence-electron chi connectivity index (χ4n) is 1.49. The first-order valence-electron chi connectivity index (χ1n) is 4.58. The number of hydrogen-bond acceptors (Lipinski definition) is 3. The van der Waals surface area contributed by atoms with Gasteiger partial charge < -0.3 is 9.47 Å². The highest BCUT2D eigenvalue weighted by atomic mass is 19.3. The van der Waals surface area contributed by atoms with Gasteiger partial charge in [0.15, 0.2) is 0 Å². The van der Waals surface area contributed by atoms with Gasteiger partial charge in [-0.25, -0.2) is 8.78 Å². The van der Waals surface area contributed by atoms with E-state index in [0.29, 0.717) is 0 Å². The van der Waals surface area contributed by atoms with Crippen LogP contribution in [0.2, 0.25) is 0 Å². The van der Waals surface area contributed by atoms with Crippen molar-refractivity contribution in [1.29, 1.82) is 0 Å². The molecule has 1 fully saturated rings. The second-order valence-corrected chi connectivity index (χ2v) is 3.39. The average Bonchev–Trinajstić information content (AvgIpc) is 2.29. The molecule has 0 aromatic carbocycles. The molecular formula is C9H14F2O3. The van der Waals surface area contributed by atoms with Gasteiger partial charge in [0.05, 0.1) is 20.1 Å². The van der Waals surface area contributed by atoms with Crippen molar-refractivity contribution < 1.29 is 23.0 Å². The van der Waals surface area contributed by atoms with Crippen LogP contribution >= 0.6 is 0 Å². The minimum atomic E-state index is -2.81. The van der Waals surface area contributed by atoms with Crippen LogP contribution in [0, 0.1) is 5.92 Å². The first kappa shape index (κ1) is 11.4. The Balaban J connectivity index is 2.57. The topological polar surface area (TPSA) is 35.5 Å². The number of halogens is 2. The summed E-state index contributed by atoms with van der Waals surface area (Å²) in [5.74, 6) is -4.35. The Bertz CT molecular complexity index is 206. The standard InChI is InChI=1S/C9H14F2O3/c1-13-8(12)6-7-2-4-14-5-3-9(7,10)11/h7H,2-6H2,1H3. The largest absolute Gasteiger partial charge is 0.469 e. The van der Waals surface area contributed by atoms with E-state index < -0.39 is 17.8 Å². The molecule has 1 aliphatic heterocycles. The van der Waals surface area contributed by atoms with Crippen molar-refractivity contribution in [1.82, 2.24) is 0 Å². The molecule has 1 unspecified atom stereocenters. The van der Waals surface area contributed by atoms with Crippen molar-refractivity contribution in [3.8, 4) is 0 Å². The molecular weight excluding hydrogens is 194 g/mol. The molecule has 1 rings (SSSR count). The quantitative estimate of drug-likeness (QED) is 0.647. The third-order valence-electron chi connectivity index (χ3n) is 2.43. The molecule has 14 heavy (non-hydrogen) atoms. The highest BCUT2D eigenvalue weighted by Gasteiger charge is 2.41. The summed E-state index contributed by atoms with van der Waals surface area (Å²) >= 11 is 0. The number of carbonyl (C=O) groups excluding carboxylic acids is 1. The zero-order valence-electron chi connectivity index (χ0n) is 8.09. The maximum absolute atomic E-state index is 13.3. The summed E-state index contributed by atoms with van der Waals surface area (Å²) in [4.78, 5) is 10.9. The second kappa shape index (κ2) is 4.68. The predicted octanol–water partition coefficient (Wildman–Crippen LogP) is 1.61. The molecule has 1 aliphatic rings. The molecule has 0 aliphatic carbocycles. The molecule has 1 atom stereocenters. The Morgan fingerprint density at radius 1 is 1.57 bits per heavy atom. The Labute approximate surface area is 81.4 Å². The molecule has 0 amide bonds. The number of rotatable bonds is 2. The number of carbonyl (C=O) groups is 1. The van der Waals surface area contributed by atoms with Gasteiger partial charge in [-0.15, -0.1) is 0 Å². The van der Waals surface area contributed by atoms with Gasteiger partial charge in [0, 0.05) is 18.9 Å². The summed E-state index contributed by atoms with van der Waals surface area (Å²) in [5, 5.41) is 0. The van der Waals surface area contributed by atoms with Crippen molar-refractivity contribution in [3.63, 3.8) is 0 Å². The first-order chi connectivity index (χ1) is 6.56. The van der Waals surface area contributed by atoms with Gasteiger partial charge in [-0.2, -0.15) is 0 Å². The van der Waals surface area contributed by atoms with Crippen LogP contribution in [0.1, 0.15) is 19.3 Å². The highest BCUT2D eigenvalue weighted by Crippen LogP contribution is 2.35. The summed E-state index contributed by atoms with van der Waals surface area (Å²) in [6.07, 6.45) is -0.330. The summed E-state index contributed by atoms with van der Waals surface area (Å²) in [6.45, 7) is 0.349. The van der Waals surface area contributed by atoms with Gasteiger partial charge >= 0.3 is 5.97 Å². The Morgan fingerprint density at radius 3 is 2.93 bits per heavy atom. The number of hydrogen-bond donors (Lipinski definition) is 0. The summed E-state index contributed by atoms with van der Waals surface area (Å²) in [5.41, 5.74) is 0. The van der Waals surface area contributed by atoms with Crippen LogP contribution in [0.15, 0.2) is 0 Å². The first-order valence-corrected chi connectivity index (χ1v) is 4.58. The molecule has 0 spiro atoms. The zero-order chi connectivity index (χ0) is 10.6. The maximum Gasteiger partial charge on any atom is 0.306 e. The van der Waals surface area contributed by atoms with Gasteiger partial charge in [0.2, 0.25) is 0 Å². The molecule has 0 bridgehead atoms. The third-order valence-corrected chi connectivity index (χ3v) is 2.43. The van der Waals surface area contributed by atoms with Crippen LogP contribution in [0.25, 0.3) is 0 Å². The van der Waals surface area contributed by atoms with Crippen LogP contribution in [0.3, 0.4) is 0 Å². The maximum atomic E-state index is 13.3. The van der Waals surface area contributed by atoms with E-state index in [0.717, 1.165) is 0 Å². The minimum Gasteiger partial charge on any atom is -0.469 e. The van der Waals surface area contributed by atoms with E-state index in [4.69, 9.17) is 4.74 Å². The van der Waals surface area contributed by atoms with Crippen LogP contribution in [0.5, 0.6) is 0 Å². The molecule has 3 nitrogen and oxygen atoms in total. The zero-order valence-corrected chi connectivity index (χ0v) is 8.09. The van der Waals surface area contributed by atoms with Crippen molar-refractivity contribution >= 4 is 5.97 Å². The fourth-order valence-corrected chi connectivity index (χ4v) is 1.49. The number of ether oxygens (including phenoxy) is 2. The molecule has 0 aromatic heterocycles. The van der Waals surface area contributed by atoms with E-state index in [1.807, 2.05) is 0 Å². The number of esters is 1. The Hall–Kier alpha value is -0.710. The Morgan fingerprint density at radius 2 is 2.29 bits per heavy atom. The van der Waals surface area contributed by atoms with Crippen LogP contribution < -0.4 is 0 Å². The van der Waals surface area contributed by atoms with E-state index in [1.54, 1.807) is 0 Å². The van der Waals surface area contributed by atoms with Crippen LogP contribution in [-0.2, 0) is 14.3 Å². The molecule has 82 valence electrons. The highest BCUT2D eigenvalue weighted by molar-refractivity contribution is 5.69. The van der Waals surface area contributed by atoms with Gasteiger partial charge in [0.25, 0.3) is 5.92 Å². The van der Waals surface area contributed by atoms with Gasteiger partial charge in [0.1, 0.15) is 0 Å². The smallest absolute Gasteiger partial charge is 0.306 e. The van der Waals surface area contributed by atoms with Crippen molar-refractivity contribution in [2.24, 2.45) is 5.92 Å². The third kappa shape index (κ3) is 2.90. The lowest BCUT2D eigenvalue weighted by molar-refractivity contribution is -0.146. The minimum absolute atomic E-state index is 0.0602. The number of alkyl halides is 2. The Kier molecular flexibility index (Phi) is 3.80. The normalized spacial score (nSPS) is 26.6. The summed E-state index contributed by atoms with van der Waals surface area (Å²) < 4.78 is 36.0. The molecule has 1 saturated heterocycles. The van der Waals surface area contributed by atoms with E-state index in [9.17, 15) is 13.6 Å². The molecule has 0 N–H and O–H groups in total. The van der Waals surface area contributed by atoms with Gasteiger partial charge in [-0.1, -0.05) is 0 Å². The lowest BCUT2D eigenvalue weighted by Gasteiger charge is -2.22. The molecule has 5 heteroatoms. The summed E-state index contributed by atoms with van der Waals surface area (Å²) in [7, 11) is 1.20. The molecule has 0 radical (unpaired) electrons. The lowest BCUT2D eigenvalue weighted by Crippen LogP contribution is -2.30. The molecule has 1 heterocycles. The number of methoxy groups -OCH3 is 1. The van der Waals surface area contributed by atoms with E-state index in [-0.39, 0.29) is 32.5 Å².